The molecule has 0 saturated carbocycles. The highest BCUT2D eigenvalue weighted by Crippen LogP contribution is 2.23. The van der Waals surface area contributed by atoms with Crippen LogP contribution in [-0.4, -0.2) is 29.8 Å². The largest absolute Gasteiger partial charge is 0.440 e. The van der Waals surface area contributed by atoms with Gasteiger partial charge < -0.3 is 3.67 Å². The van der Waals surface area contributed by atoms with Crippen LogP contribution in [0.5, 0.6) is 0 Å². The van der Waals surface area contributed by atoms with Crippen molar-refractivity contribution in [3.63, 3.8) is 0 Å². The molecule has 1 rings (SSSR count). The first-order valence-corrected chi connectivity index (χ1v) is 5.04. The van der Waals surface area contributed by atoms with E-state index in [1.54, 1.807) is 0 Å². The Morgan fingerprint density at radius 3 is 2.44 bits per heavy atom. The maximum absolute atomic E-state index is 12.4. The monoisotopic (exact) mass is 249 g/mol. The molecule has 1 aromatic rings. The minimum atomic E-state index is -4.86. The summed E-state index contributed by atoms with van der Waals surface area (Å²) >= 11 is -0.0389. The summed E-state index contributed by atoms with van der Waals surface area (Å²) in [5.74, 6) is 0. The average Bonchev–Trinajstić information content (AvgIpc) is 2.16. The second-order valence-electron chi connectivity index (χ2n) is 2.96. The Labute approximate surface area is 95.4 Å². The van der Waals surface area contributed by atoms with E-state index in [9.17, 15) is 22.8 Å². The third-order valence-corrected chi connectivity index (χ3v) is 2.37. The molecular formula is C7H7AlF3N3O2. The third kappa shape index (κ3) is 2.25. The second kappa shape index (κ2) is 4.27. The van der Waals surface area contributed by atoms with Crippen LogP contribution in [0, 0.1) is 0 Å². The topological polar surface area (TPSA) is 56.9 Å². The molecule has 0 amide bonds. The number of allylic oxidation sites excluding steroid dienone is 1. The fraction of sp³-hybridized carbons (Fsp3) is 0.286. The maximum Gasteiger partial charge on any atom is 0.440 e. The minimum Gasteiger partial charge on any atom is -0.322 e. The van der Waals surface area contributed by atoms with E-state index < -0.39 is 23.1 Å². The van der Waals surface area contributed by atoms with Crippen molar-refractivity contribution in [2.75, 3.05) is 0 Å². The Morgan fingerprint density at radius 1 is 1.44 bits per heavy atom. The molecule has 86 valence electrons. The summed E-state index contributed by atoms with van der Waals surface area (Å²) in [7, 11) is 0. The van der Waals surface area contributed by atoms with Gasteiger partial charge in [-0.2, -0.15) is 18.3 Å². The van der Waals surface area contributed by atoms with Crippen LogP contribution in [-0.2, 0) is 12.7 Å². The molecule has 16 heavy (non-hydrogen) atoms. The predicted molar refractivity (Wildman–Crippen MR) is 51.9 cm³/mol. The van der Waals surface area contributed by atoms with Gasteiger partial charge in [-0.25, -0.2) is 4.79 Å². The van der Waals surface area contributed by atoms with Crippen molar-refractivity contribution in [3.05, 3.63) is 39.2 Å². The molecule has 0 aliphatic heterocycles. The molecule has 0 fully saturated rings. The summed E-state index contributed by atoms with van der Waals surface area (Å²) in [4.78, 5) is 22.7. The van der Waals surface area contributed by atoms with E-state index in [-0.39, 0.29) is 23.1 Å². The number of nitrogens with zero attached hydrogens (tertiary/aromatic N) is 3. The van der Waals surface area contributed by atoms with Crippen molar-refractivity contribution in [1.82, 2.24) is 13.3 Å². The molecule has 0 unspecified atom stereocenters. The van der Waals surface area contributed by atoms with Gasteiger partial charge in [-0.15, -0.1) is 6.58 Å². The first kappa shape index (κ1) is 12.7. The molecule has 0 aromatic carbocycles. The van der Waals surface area contributed by atoms with E-state index in [4.69, 9.17) is 0 Å². The first-order chi connectivity index (χ1) is 7.29. The fourth-order valence-corrected chi connectivity index (χ4v) is 1.53. The summed E-state index contributed by atoms with van der Waals surface area (Å²) in [6.07, 6.45) is -3.69. The highest BCUT2D eigenvalue weighted by atomic mass is 27.1. The maximum atomic E-state index is 12.4. The zero-order valence-corrected chi connectivity index (χ0v) is 10.3. The fourth-order valence-electron chi connectivity index (χ4n) is 1.09. The van der Waals surface area contributed by atoms with E-state index >= 15 is 0 Å². The molecular weight excluding hydrogens is 242 g/mol. The Kier molecular flexibility index (Phi) is 3.40. The van der Waals surface area contributed by atoms with Crippen molar-refractivity contribution < 1.29 is 13.2 Å². The van der Waals surface area contributed by atoms with Crippen LogP contribution in [0.2, 0.25) is 0 Å². The van der Waals surface area contributed by atoms with Gasteiger partial charge >= 0.3 is 28.4 Å². The van der Waals surface area contributed by atoms with Crippen LogP contribution in [0.3, 0.4) is 0 Å². The summed E-state index contributed by atoms with van der Waals surface area (Å²) in [6.45, 7) is 2.99. The number of hydrogen-bond donors (Lipinski definition) is 0. The van der Waals surface area contributed by atoms with Crippen molar-refractivity contribution in [3.8, 4) is 0 Å². The van der Waals surface area contributed by atoms with E-state index in [0.29, 0.717) is 8.23 Å². The first-order valence-electron chi connectivity index (χ1n) is 4.15. The highest BCUT2D eigenvalue weighted by molar-refractivity contribution is 6.05. The molecule has 0 atom stereocenters. The Hall–Kier alpha value is -1.33. The number of aromatic nitrogens is 3. The minimum absolute atomic E-state index is 0.0389. The lowest BCUT2D eigenvalue weighted by Crippen LogP contribution is -2.44. The lowest BCUT2D eigenvalue weighted by molar-refractivity contribution is -0.143. The Bertz CT molecular complexity index is 531. The number of rotatable bonds is 2. The van der Waals surface area contributed by atoms with E-state index in [0.717, 1.165) is 0 Å². The van der Waals surface area contributed by atoms with Crippen LogP contribution in [0.4, 0.5) is 13.2 Å². The molecule has 0 aliphatic rings. The third-order valence-electron chi connectivity index (χ3n) is 1.79. The standard InChI is InChI=1S/C7H6F3N3O2.Al.2H/c1-2-3-13-5(14)4(7(8,9)10)11-12-6(13)15;;;/h2H,1,3H2,(H,12,14,15);;;/q;+1;;/p-1. The van der Waals surface area contributed by atoms with Gasteiger partial charge in [-0.3, -0.25) is 9.36 Å². The molecule has 9 heteroatoms. The molecule has 0 saturated heterocycles. The molecule has 1 aromatic heterocycles. The van der Waals surface area contributed by atoms with Crippen LogP contribution >= 0.6 is 0 Å². The zero-order chi connectivity index (χ0) is 12.5. The van der Waals surface area contributed by atoms with E-state index in [2.05, 4.69) is 11.7 Å². The van der Waals surface area contributed by atoms with Gasteiger partial charge in [0.05, 0.1) is 0 Å². The van der Waals surface area contributed by atoms with Gasteiger partial charge in [0, 0.05) is 6.54 Å². The van der Waals surface area contributed by atoms with Crippen LogP contribution in [0.1, 0.15) is 5.69 Å². The number of halogens is 3. The number of hydrogen-bond acceptors (Lipinski definition) is 3. The average molecular weight is 249 g/mol. The van der Waals surface area contributed by atoms with Gasteiger partial charge in [-0.1, -0.05) is 6.08 Å². The SMILES string of the molecule is C=CCn1c(=O)c(C(F)(F)F)n[n]([AlH2])c1=O. The zero-order valence-electron chi connectivity index (χ0n) is 8.28. The molecule has 0 bridgehead atoms. The Morgan fingerprint density at radius 2 is 2.00 bits per heavy atom. The van der Waals surface area contributed by atoms with Crippen LogP contribution < -0.4 is 11.2 Å². The molecule has 0 radical (unpaired) electrons. The molecule has 0 N–H and O–H groups in total. The summed E-state index contributed by atoms with van der Waals surface area (Å²) in [5.41, 5.74) is -3.88. The van der Waals surface area contributed by atoms with Gasteiger partial charge in [0.2, 0.25) is 5.69 Å². The van der Waals surface area contributed by atoms with Crippen molar-refractivity contribution in [1.29, 1.82) is 0 Å². The molecule has 1 heterocycles. The molecule has 0 aliphatic carbocycles. The van der Waals surface area contributed by atoms with Gasteiger partial charge in [-0.05, 0) is 0 Å². The molecule has 0 spiro atoms. The van der Waals surface area contributed by atoms with E-state index in [1.165, 1.54) is 6.08 Å². The van der Waals surface area contributed by atoms with Gasteiger partial charge in [0.15, 0.2) is 0 Å². The normalized spacial score (nSPS) is 11.4. The quantitative estimate of drug-likeness (QED) is 0.499. The smallest absolute Gasteiger partial charge is 0.322 e. The summed E-state index contributed by atoms with van der Waals surface area (Å²) in [6, 6.07) is 0. The van der Waals surface area contributed by atoms with E-state index in [1.807, 2.05) is 0 Å². The number of alkyl halides is 3. The lowest BCUT2D eigenvalue weighted by atomic mass is 10.4. The lowest BCUT2D eigenvalue weighted by Gasteiger charge is -2.10. The van der Waals surface area contributed by atoms with Crippen molar-refractivity contribution >= 4 is 16.5 Å². The van der Waals surface area contributed by atoms with Crippen LogP contribution in [0.15, 0.2) is 22.2 Å². The predicted octanol–water partition coefficient (Wildman–Crippen LogP) is -0.994. The van der Waals surface area contributed by atoms with Crippen molar-refractivity contribution in [2.24, 2.45) is 0 Å². The second-order valence-corrected chi connectivity index (χ2v) is 3.80. The van der Waals surface area contributed by atoms with Crippen LogP contribution in [0.25, 0.3) is 0 Å². The van der Waals surface area contributed by atoms with Gasteiger partial charge in [0.1, 0.15) is 0 Å². The van der Waals surface area contributed by atoms with Gasteiger partial charge in [0.25, 0.3) is 5.56 Å². The molecule has 5 nitrogen and oxygen atoms in total. The highest BCUT2D eigenvalue weighted by Gasteiger charge is 2.37. The van der Waals surface area contributed by atoms with Crippen molar-refractivity contribution in [2.45, 2.75) is 12.7 Å². The Balaban J connectivity index is 3.64. The summed E-state index contributed by atoms with van der Waals surface area (Å²) in [5, 5.41) is 2.96. The summed E-state index contributed by atoms with van der Waals surface area (Å²) < 4.78 is 38.2.